The average molecular weight is 352 g/mol. The molecule has 0 spiro atoms. The Bertz CT molecular complexity index is 744. The van der Waals surface area contributed by atoms with E-state index in [0.29, 0.717) is 17.9 Å². The summed E-state index contributed by atoms with van der Waals surface area (Å²) in [6.45, 7) is 5.25. The number of pyridine rings is 1. The third-order valence-corrected chi connectivity index (χ3v) is 3.54. The summed E-state index contributed by atoms with van der Waals surface area (Å²) in [5.41, 5.74) is 1.52. The minimum Gasteiger partial charge on any atom is -0.494 e. The van der Waals surface area contributed by atoms with Crippen LogP contribution in [0, 0.1) is 18.8 Å². The first-order chi connectivity index (χ1) is 12.7. The fourth-order valence-electron chi connectivity index (χ4n) is 2.04. The van der Waals surface area contributed by atoms with E-state index in [-0.39, 0.29) is 19.1 Å². The monoisotopic (exact) mass is 352 g/mol. The number of carbonyl (C=O) groups is 1. The van der Waals surface area contributed by atoms with Crippen molar-refractivity contribution in [1.29, 1.82) is 0 Å². The van der Waals surface area contributed by atoms with Crippen LogP contribution in [0.1, 0.15) is 35.8 Å². The molecule has 0 bridgehead atoms. The van der Waals surface area contributed by atoms with E-state index in [0.717, 1.165) is 24.3 Å². The summed E-state index contributed by atoms with van der Waals surface area (Å²) in [4.78, 5) is 16.2. The highest BCUT2D eigenvalue weighted by Gasteiger charge is 2.04. The lowest BCUT2D eigenvalue weighted by atomic mass is 10.2. The zero-order valence-electron chi connectivity index (χ0n) is 15.2. The van der Waals surface area contributed by atoms with Crippen LogP contribution >= 0.6 is 0 Å². The van der Waals surface area contributed by atoms with Gasteiger partial charge >= 0.3 is 0 Å². The molecule has 5 nitrogen and oxygen atoms in total. The van der Waals surface area contributed by atoms with Gasteiger partial charge in [0.2, 0.25) is 0 Å². The molecule has 26 heavy (non-hydrogen) atoms. The number of unbranched alkanes of at least 4 members (excludes halogenated alkanes) is 1. The van der Waals surface area contributed by atoms with Crippen LogP contribution in [0.25, 0.3) is 0 Å². The van der Waals surface area contributed by atoms with Crippen molar-refractivity contribution in [3.63, 3.8) is 0 Å². The molecule has 0 saturated heterocycles. The first-order valence-corrected chi connectivity index (χ1v) is 8.71. The molecule has 136 valence electrons. The van der Waals surface area contributed by atoms with Gasteiger partial charge in [-0.3, -0.25) is 9.78 Å². The van der Waals surface area contributed by atoms with Crippen molar-refractivity contribution in [2.75, 3.05) is 19.8 Å². The van der Waals surface area contributed by atoms with E-state index >= 15 is 0 Å². The second-order valence-electron chi connectivity index (χ2n) is 5.69. The number of hydrogen-bond donors (Lipinski definition) is 1. The molecule has 5 heteroatoms. The number of nitrogens with one attached hydrogen (secondary N) is 1. The number of aromatic nitrogens is 1. The molecule has 1 heterocycles. The standard InChI is InChI=1S/C21H24N2O3/c1-3-4-14-25-19-11-8-18(9-12-19)21(24)22-13-5-6-15-26-20-10-7-17(2)23-16-20/h7-12,16H,3-4,13-15H2,1-2H3,(H,22,24). The van der Waals surface area contributed by atoms with Gasteiger partial charge in [-0.1, -0.05) is 25.2 Å². The van der Waals surface area contributed by atoms with Gasteiger partial charge in [0.15, 0.2) is 0 Å². The van der Waals surface area contributed by atoms with Crippen molar-refractivity contribution in [2.24, 2.45) is 0 Å². The highest BCUT2D eigenvalue weighted by molar-refractivity contribution is 5.94. The second-order valence-corrected chi connectivity index (χ2v) is 5.69. The molecule has 2 aromatic rings. The number of amides is 1. The maximum atomic E-state index is 12.0. The number of carbonyl (C=O) groups excluding carboxylic acids is 1. The number of hydrogen-bond acceptors (Lipinski definition) is 4. The summed E-state index contributed by atoms with van der Waals surface area (Å²) in [5, 5.41) is 2.76. The van der Waals surface area contributed by atoms with Crippen LogP contribution < -0.4 is 14.8 Å². The van der Waals surface area contributed by atoms with Gasteiger partial charge in [-0.15, -0.1) is 0 Å². The summed E-state index contributed by atoms with van der Waals surface area (Å²) in [5.74, 6) is 7.01. The Morgan fingerprint density at radius 2 is 1.85 bits per heavy atom. The molecule has 1 N–H and O–H groups in total. The number of rotatable bonds is 8. The van der Waals surface area contributed by atoms with Crippen molar-refractivity contribution in [1.82, 2.24) is 10.3 Å². The van der Waals surface area contributed by atoms with E-state index in [2.05, 4.69) is 29.1 Å². The molecule has 0 fully saturated rings. The normalized spacial score (nSPS) is 9.77. The molecule has 0 aliphatic heterocycles. The minimum atomic E-state index is -0.164. The van der Waals surface area contributed by atoms with Gasteiger partial charge in [-0.2, -0.15) is 0 Å². The fraction of sp³-hybridized carbons (Fsp3) is 0.333. The Morgan fingerprint density at radius 1 is 1.08 bits per heavy atom. The Balaban J connectivity index is 1.69. The second kappa shape index (κ2) is 10.8. The van der Waals surface area contributed by atoms with E-state index in [1.165, 1.54) is 0 Å². The van der Waals surface area contributed by atoms with Crippen molar-refractivity contribution >= 4 is 5.91 Å². The van der Waals surface area contributed by atoms with Crippen molar-refractivity contribution in [3.05, 3.63) is 53.9 Å². The Morgan fingerprint density at radius 3 is 2.54 bits per heavy atom. The Hall–Kier alpha value is -3.00. The SMILES string of the molecule is CCCCOc1ccc(C(=O)NCC#CCOc2ccc(C)nc2)cc1. The molecule has 0 saturated carbocycles. The smallest absolute Gasteiger partial charge is 0.252 e. The number of nitrogens with zero attached hydrogens (tertiary/aromatic N) is 1. The zero-order chi connectivity index (χ0) is 18.6. The molecule has 2 rings (SSSR count). The van der Waals surface area contributed by atoms with E-state index in [4.69, 9.17) is 9.47 Å². The van der Waals surface area contributed by atoms with Gasteiger partial charge in [-0.25, -0.2) is 0 Å². The van der Waals surface area contributed by atoms with Crippen molar-refractivity contribution in [2.45, 2.75) is 26.7 Å². The Kier molecular flexibility index (Phi) is 8.01. The molecular weight excluding hydrogens is 328 g/mol. The number of ether oxygens (including phenoxy) is 2. The van der Waals surface area contributed by atoms with Crippen LogP contribution in [0.3, 0.4) is 0 Å². The van der Waals surface area contributed by atoms with Crippen molar-refractivity contribution < 1.29 is 14.3 Å². The highest BCUT2D eigenvalue weighted by atomic mass is 16.5. The molecule has 0 radical (unpaired) electrons. The van der Waals surface area contributed by atoms with Crippen LogP contribution in [-0.2, 0) is 0 Å². The lowest BCUT2D eigenvalue weighted by Crippen LogP contribution is -2.23. The van der Waals surface area contributed by atoms with Gasteiger partial charge in [-0.05, 0) is 49.7 Å². The fourth-order valence-corrected chi connectivity index (χ4v) is 2.04. The highest BCUT2D eigenvalue weighted by Crippen LogP contribution is 2.12. The third kappa shape index (κ3) is 6.86. The van der Waals surface area contributed by atoms with E-state index in [9.17, 15) is 4.79 Å². The van der Waals surface area contributed by atoms with E-state index in [1.807, 2.05) is 19.1 Å². The van der Waals surface area contributed by atoms with E-state index < -0.39 is 0 Å². The maximum absolute atomic E-state index is 12.0. The average Bonchev–Trinajstić information content (AvgIpc) is 2.66. The molecule has 1 aromatic carbocycles. The molecule has 0 atom stereocenters. The summed E-state index contributed by atoms with van der Waals surface area (Å²) < 4.78 is 11.0. The largest absolute Gasteiger partial charge is 0.494 e. The summed E-state index contributed by atoms with van der Waals surface area (Å²) >= 11 is 0. The van der Waals surface area contributed by atoms with Crippen LogP contribution in [-0.4, -0.2) is 30.6 Å². The molecule has 1 aromatic heterocycles. The predicted molar refractivity (Wildman–Crippen MR) is 101 cm³/mol. The van der Waals surface area contributed by atoms with Crippen LogP contribution in [0.2, 0.25) is 0 Å². The first kappa shape index (κ1) is 19.3. The number of aryl methyl sites for hydroxylation is 1. The lowest BCUT2D eigenvalue weighted by molar-refractivity contribution is 0.0958. The predicted octanol–water partition coefficient (Wildman–Crippen LogP) is 3.38. The van der Waals surface area contributed by atoms with Crippen LogP contribution in [0.5, 0.6) is 11.5 Å². The van der Waals surface area contributed by atoms with Crippen LogP contribution in [0.15, 0.2) is 42.6 Å². The molecular formula is C21H24N2O3. The minimum absolute atomic E-state index is 0.164. The summed E-state index contributed by atoms with van der Waals surface area (Å²) in [6, 6.07) is 10.8. The third-order valence-electron chi connectivity index (χ3n) is 3.54. The van der Waals surface area contributed by atoms with Crippen molar-refractivity contribution in [3.8, 4) is 23.3 Å². The van der Waals surface area contributed by atoms with Gasteiger partial charge < -0.3 is 14.8 Å². The first-order valence-electron chi connectivity index (χ1n) is 8.71. The van der Waals surface area contributed by atoms with Crippen LogP contribution in [0.4, 0.5) is 0 Å². The van der Waals surface area contributed by atoms with Gasteiger partial charge in [0, 0.05) is 11.3 Å². The van der Waals surface area contributed by atoms with E-state index in [1.54, 1.807) is 30.5 Å². The summed E-state index contributed by atoms with van der Waals surface area (Å²) in [6.07, 6.45) is 3.77. The number of benzene rings is 1. The van der Waals surface area contributed by atoms with Gasteiger partial charge in [0.1, 0.15) is 18.1 Å². The molecule has 0 aliphatic carbocycles. The lowest BCUT2D eigenvalue weighted by Gasteiger charge is -2.06. The Labute approximate surface area is 154 Å². The molecule has 1 amide bonds. The zero-order valence-corrected chi connectivity index (χ0v) is 15.2. The van der Waals surface area contributed by atoms with Gasteiger partial charge in [0.25, 0.3) is 5.91 Å². The topological polar surface area (TPSA) is 60.5 Å². The van der Waals surface area contributed by atoms with Gasteiger partial charge in [0.05, 0.1) is 19.3 Å². The molecule has 0 aliphatic rings. The molecule has 0 unspecified atom stereocenters. The summed E-state index contributed by atoms with van der Waals surface area (Å²) in [7, 11) is 0. The quantitative estimate of drug-likeness (QED) is 0.584. The maximum Gasteiger partial charge on any atom is 0.252 e.